The summed E-state index contributed by atoms with van der Waals surface area (Å²) in [5.41, 5.74) is 3.54. The van der Waals surface area contributed by atoms with Crippen molar-refractivity contribution in [1.82, 2.24) is 25.2 Å². The van der Waals surface area contributed by atoms with Crippen LogP contribution in [-0.2, 0) is 31.0 Å². The number of ether oxygens (including phenoxy) is 1. The third-order valence-electron chi connectivity index (χ3n) is 6.35. The van der Waals surface area contributed by atoms with Gasteiger partial charge in [-0.05, 0) is 43.2 Å². The predicted octanol–water partition coefficient (Wildman–Crippen LogP) is 2.97. The lowest BCUT2D eigenvalue weighted by molar-refractivity contribution is -0.0845. The van der Waals surface area contributed by atoms with E-state index in [1.165, 1.54) is 6.07 Å². The number of fused-ring (bicyclic) bond motifs is 1. The molecule has 2 aliphatic rings. The summed E-state index contributed by atoms with van der Waals surface area (Å²) in [6.07, 6.45) is 0.815. The van der Waals surface area contributed by atoms with Crippen LogP contribution in [0.2, 0.25) is 0 Å². The van der Waals surface area contributed by atoms with E-state index in [9.17, 15) is 13.6 Å². The van der Waals surface area contributed by atoms with Gasteiger partial charge >= 0.3 is 0 Å². The van der Waals surface area contributed by atoms with Crippen molar-refractivity contribution in [2.45, 2.75) is 45.2 Å². The molecule has 2 aliphatic heterocycles. The average molecular weight is 453 g/mol. The molecule has 5 rings (SSSR count). The summed E-state index contributed by atoms with van der Waals surface area (Å²) in [5, 5.41) is 11.5. The smallest absolute Gasteiger partial charge is 0.251 e. The Morgan fingerprint density at radius 2 is 2.06 bits per heavy atom. The Morgan fingerprint density at radius 3 is 2.88 bits per heavy atom. The van der Waals surface area contributed by atoms with Gasteiger partial charge in [0.2, 0.25) is 0 Å². The molecule has 2 aromatic carbocycles. The molecular formula is C24H25F2N5O2. The summed E-state index contributed by atoms with van der Waals surface area (Å²) in [5.74, 6) is -1.82. The molecule has 1 spiro atoms. The fourth-order valence-electron chi connectivity index (χ4n) is 4.59. The first-order valence-electron chi connectivity index (χ1n) is 11.0. The highest BCUT2D eigenvalue weighted by atomic mass is 19.2. The van der Waals surface area contributed by atoms with E-state index < -0.39 is 11.6 Å². The van der Waals surface area contributed by atoms with Crippen LogP contribution in [0.15, 0.2) is 42.5 Å². The fraction of sp³-hybridized carbons (Fsp3) is 0.375. The number of amides is 1. The zero-order chi connectivity index (χ0) is 23.0. The lowest BCUT2D eigenvalue weighted by Gasteiger charge is -2.34. The number of halogens is 2. The quantitative estimate of drug-likeness (QED) is 0.643. The molecule has 3 heterocycles. The first-order chi connectivity index (χ1) is 15.9. The summed E-state index contributed by atoms with van der Waals surface area (Å²) in [7, 11) is 0. The molecule has 1 aromatic heterocycles. The third kappa shape index (κ3) is 4.51. The molecule has 7 nitrogen and oxygen atoms in total. The molecule has 1 fully saturated rings. The number of aryl methyl sites for hydroxylation is 1. The van der Waals surface area contributed by atoms with Gasteiger partial charge in [-0.2, -0.15) is 0 Å². The Balaban J connectivity index is 1.20. The van der Waals surface area contributed by atoms with E-state index in [1.54, 1.807) is 12.1 Å². The molecule has 3 aromatic rings. The van der Waals surface area contributed by atoms with Crippen molar-refractivity contribution < 1.29 is 18.3 Å². The largest absolute Gasteiger partial charge is 0.365 e. The van der Waals surface area contributed by atoms with Crippen molar-refractivity contribution in [1.29, 1.82) is 0 Å². The van der Waals surface area contributed by atoms with Crippen LogP contribution in [0.3, 0.4) is 0 Å². The maximum atomic E-state index is 13.5. The number of aromatic nitrogens is 3. The summed E-state index contributed by atoms with van der Waals surface area (Å²) in [6.45, 7) is 5.15. The first-order valence-corrected chi connectivity index (χ1v) is 11.0. The summed E-state index contributed by atoms with van der Waals surface area (Å²) in [4.78, 5) is 14.6. The lowest BCUT2D eigenvalue weighted by Crippen LogP contribution is -2.44. The van der Waals surface area contributed by atoms with E-state index >= 15 is 0 Å². The van der Waals surface area contributed by atoms with Crippen molar-refractivity contribution in [2.24, 2.45) is 0 Å². The monoisotopic (exact) mass is 453 g/mol. The van der Waals surface area contributed by atoms with Crippen LogP contribution in [0.4, 0.5) is 8.78 Å². The normalized spacial score (nSPS) is 20.2. The van der Waals surface area contributed by atoms with Crippen molar-refractivity contribution >= 4 is 5.91 Å². The highest BCUT2D eigenvalue weighted by Gasteiger charge is 2.43. The van der Waals surface area contributed by atoms with E-state index in [0.29, 0.717) is 37.5 Å². The molecule has 9 heteroatoms. The summed E-state index contributed by atoms with van der Waals surface area (Å²) in [6, 6.07) is 11.4. The molecule has 0 radical (unpaired) electrons. The molecule has 1 amide bonds. The zero-order valence-electron chi connectivity index (χ0n) is 18.4. The number of hydrogen-bond acceptors (Lipinski definition) is 5. The van der Waals surface area contributed by atoms with Crippen LogP contribution in [0.5, 0.6) is 0 Å². The second-order valence-electron chi connectivity index (χ2n) is 8.87. The Bertz CT molecular complexity index is 1200. The van der Waals surface area contributed by atoms with Gasteiger partial charge in [0.15, 0.2) is 11.6 Å². The maximum absolute atomic E-state index is 13.5. The van der Waals surface area contributed by atoms with Crippen molar-refractivity contribution in [3.05, 3.63) is 82.2 Å². The molecule has 0 aliphatic carbocycles. The molecule has 1 N–H and O–H groups in total. The van der Waals surface area contributed by atoms with Crippen LogP contribution in [-0.4, -0.2) is 44.5 Å². The van der Waals surface area contributed by atoms with Crippen LogP contribution < -0.4 is 5.32 Å². The number of carbonyl (C=O) groups excluding carboxylic acids is 1. The number of nitrogens with zero attached hydrogens (tertiary/aromatic N) is 4. The van der Waals surface area contributed by atoms with Gasteiger partial charge in [-0.25, -0.2) is 13.5 Å². The standard InChI is InChI=1S/C24H25F2N5O2/c1-16-3-2-4-18(9-16)23(32)27-11-21-22-13-33-24(15-31(22)29-28-21)7-8-30(14-24)12-17-5-6-19(25)20(26)10-17/h2-6,9-10H,7-8,11-15H2,1H3,(H,27,32). The Kier molecular flexibility index (Phi) is 5.67. The van der Waals surface area contributed by atoms with Gasteiger partial charge in [-0.15, -0.1) is 5.10 Å². The van der Waals surface area contributed by atoms with Crippen LogP contribution in [0, 0.1) is 18.6 Å². The lowest BCUT2D eigenvalue weighted by atomic mass is 10.0. The van der Waals surface area contributed by atoms with Gasteiger partial charge < -0.3 is 10.1 Å². The average Bonchev–Trinajstić information content (AvgIpc) is 3.38. The van der Waals surface area contributed by atoms with Gasteiger partial charge in [-0.1, -0.05) is 29.0 Å². The molecule has 1 saturated heterocycles. The van der Waals surface area contributed by atoms with Crippen molar-refractivity contribution in [3.8, 4) is 0 Å². The number of rotatable bonds is 5. The van der Waals surface area contributed by atoms with Crippen LogP contribution in [0.25, 0.3) is 0 Å². The summed E-state index contributed by atoms with van der Waals surface area (Å²) >= 11 is 0. The van der Waals surface area contributed by atoms with E-state index in [1.807, 2.05) is 29.8 Å². The third-order valence-corrected chi connectivity index (χ3v) is 6.35. The number of hydrogen-bond donors (Lipinski definition) is 1. The first kappa shape index (κ1) is 21.7. The Labute approximate surface area is 190 Å². The highest BCUT2D eigenvalue weighted by Crippen LogP contribution is 2.33. The number of benzene rings is 2. The predicted molar refractivity (Wildman–Crippen MR) is 116 cm³/mol. The fourth-order valence-corrected chi connectivity index (χ4v) is 4.59. The van der Waals surface area contributed by atoms with Crippen molar-refractivity contribution in [2.75, 3.05) is 13.1 Å². The summed E-state index contributed by atoms with van der Waals surface area (Å²) < 4.78 is 34.9. The van der Waals surface area contributed by atoms with Gasteiger partial charge in [0, 0.05) is 25.2 Å². The number of nitrogens with one attached hydrogen (secondary N) is 1. The maximum Gasteiger partial charge on any atom is 0.251 e. The van der Waals surface area contributed by atoms with Gasteiger partial charge in [0.1, 0.15) is 11.3 Å². The van der Waals surface area contributed by atoms with Gasteiger partial charge in [-0.3, -0.25) is 9.69 Å². The second-order valence-corrected chi connectivity index (χ2v) is 8.87. The highest BCUT2D eigenvalue weighted by molar-refractivity contribution is 5.94. The molecule has 1 unspecified atom stereocenters. The van der Waals surface area contributed by atoms with Crippen LogP contribution in [0.1, 0.15) is 39.3 Å². The minimum absolute atomic E-state index is 0.155. The SMILES string of the molecule is Cc1cccc(C(=O)NCc2nnn3c2COC2(CCN(Cc4ccc(F)c(F)c4)C2)C3)c1. The number of carbonyl (C=O) groups is 1. The molecular weight excluding hydrogens is 428 g/mol. The molecule has 1 atom stereocenters. The Hall–Kier alpha value is -3.17. The van der Waals surface area contributed by atoms with Crippen LogP contribution >= 0.6 is 0 Å². The van der Waals surface area contributed by atoms with E-state index in [0.717, 1.165) is 35.9 Å². The molecule has 0 bridgehead atoms. The number of likely N-dealkylation sites (tertiary alicyclic amines) is 1. The van der Waals surface area contributed by atoms with E-state index in [-0.39, 0.29) is 18.1 Å². The van der Waals surface area contributed by atoms with Gasteiger partial charge in [0.05, 0.1) is 25.4 Å². The topological polar surface area (TPSA) is 72.3 Å². The minimum atomic E-state index is -0.836. The molecule has 172 valence electrons. The Morgan fingerprint density at radius 1 is 1.18 bits per heavy atom. The van der Waals surface area contributed by atoms with E-state index in [4.69, 9.17) is 4.74 Å². The second kappa shape index (κ2) is 8.64. The molecule has 33 heavy (non-hydrogen) atoms. The van der Waals surface area contributed by atoms with Gasteiger partial charge in [0.25, 0.3) is 5.91 Å². The molecule has 0 saturated carbocycles. The minimum Gasteiger partial charge on any atom is -0.365 e. The van der Waals surface area contributed by atoms with Crippen molar-refractivity contribution in [3.63, 3.8) is 0 Å². The zero-order valence-corrected chi connectivity index (χ0v) is 18.4. The van der Waals surface area contributed by atoms with E-state index in [2.05, 4.69) is 20.5 Å².